The van der Waals surface area contributed by atoms with Gasteiger partial charge in [-0.3, -0.25) is 9.68 Å². The van der Waals surface area contributed by atoms with Crippen molar-refractivity contribution in [1.29, 1.82) is 0 Å². The van der Waals surface area contributed by atoms with E-state index >= 15 is 0 Å². The van der Waals surface area contributed by atoms with Gasteiger partial charge in [0.15, 0.2) is 0 Å². The van der Waals surface area contributed by atoms with Crippen molar-refractivity contribution >= 4 is 12.1 Å². The van der Waals surface area contributed by atoms with Gasteiger partial charge in [-0.25, -0.2) is 4.79 Å². The third-order valence-electron chi connectivity index (χ3n) is 5.83. The number of hydrogen-bond donors (Lipinski definition) is 1. The van der Waals surface area contributed by atoms with Gasteiger partial charge in [-0.1, -0.05) is 18.2 Å². The van der Waals surface area contributed by atoms with E-state index in [0.29, 0.717) is 31.2 Å². The summed E-state index contributed by atoms with van der Waals surface area (Å²) in [6.45, 7) is 14.9. The SMILES string of the molecule is CC(C)(O)CCC(C)(C)OOC(=O)OC1CC(C)(C)N(C(=O)c2ccccc2)C(C)(C)C1. The maximum atomic E-state index is 13.3. The van der Waals surface area contributed by atoms with E-state index in [4.69, 9.17) is 14.5 Å². The molecule has 0 atom stereocenters. The standard InChI is InChI=1S/C25H39NO6/c1-22(2)16-19(30-21(28)31-32-25(7,8)15-14-24(5,6)29)17-23(3,4)26(22)20(27)18-12-10-9-11-13-18/h9-13,19,29H,14-17H2,1-8H3. The average molecular weight is 450 g/mol. The molecule has 0 bridgehead atoms. The van der Waals surface area contributed by atoms with Crippen LogP contribution in [0.5, 0.6) is 0 Å². The molecule has 7 nitrogen and oxygen atoms in total. The summed E-state index contributed by atoms with van der Waals surface area (Å²) in [6, 6.07) is 9.20. The van der Waals surface area contributed by atoms with Crippen LogP contribution in [0.3, 0.4) is 0 Å². The summed E-state index contributed by atoms with van der Waals surface area (Å²) in [5.41, 5.74) is -2.03. The minimum absolute atomic E-state index is 0.0430. The molecule has 1 saturated heterocycles. The van der Waals surface area contributed by atoms with Crippen molar-refractivity contribution in [2.45, 2.75) is 109 Å². The summed E-state index contributed by atoms with van der Waals surface area (Å²) in [5.74, 6) is -0.0430. The van der Waals surface area contributed by atoms with Gasteiger partial charge >= 0.3 is 6.16 Å². The van der Waals surface area contributed by atoms with Crippen LogP contribution >= 0.6 is 0 Å². The lowest BCUT2D eigenvalue weighted by Crippen LogP contribution is -2.64. The molecule has 1 fully saturated rings. The maximum Gasteiger partial charge on any atom is 0.540 e. The van der Waals surface area contributed by atoms with E-state index in [0.717, 1.165) is 0 Å². The highest BCUT2D eigenvalue weighted by Crippen LogP contribution is 2.40. The molecule has 0 spiro atoms. The van der Waals surface area contributed by atoms with Crippen molar-refractivity contribution in [2.75, 3.05) is 0 Å². The number of likely N-dealkylation sites (tertiary alicyclic amines) is 1. The lowest BCUT2D eigenvalue weighted by molar-refractivity contribution is -0.322. The van der Waals surface area contributed by atoms with Gasteiger partial charge in [0.2, 0.25) is 0 Å². The minimum atomic E-state index is -0.902. The Morgan fingerprint density at radius 3 is 2.03 bits per heavy atom. The highest BCUT2D eigenvalue weighted by atomic mass is 17.2. The maximum absolute atomic E-state index is 13.3. The Morgan fingerprint density at radius 1 is 1.00 bits per heavy atom. The number of carbonyl (C=O) groups excluding carboxylic acids is 2. The molecule has 2 rings (SSSR count). The molecule has 1 amide bonds. The van der Waals surface area contributed by atoms with E-state index in [1.54, 1.807) is 27.7 Å². The van der Waals surface area contributed by atoms with Gasteiger partial charge in [-0.05, 0) is 80.4 Å². The molecule has 1 N–H and O–H groups in total. The molecule has 7 heteroatoms. The third kappa shape index (κ3) is 7.20. The van der Waals surface area contributed by atoms with Gasteiger partial charge in [-0.15, -0.1) is 0 Å². The number of ether oxygens (including phenoxy) is 1. The summed E-state index contributed by atoms with van der Waals surface area (Å²) in [5, 5.41) is 9.89. The molecular formula is C25H39NO6. The molecule has 1 aliphatic heterocycles. The summed E-state index contributed by atoms with van der Waals surface area (Å²) < 4.78 is 5.56. The smallest absolute Gasteiger partial charge is 0.429 e. The lowest BCUT2D eigenvalue weighted by Gasteiger charge is -2.54. The van der Waals surface area contributed by atoms with Crippen LogP contribution in [0.4, 0.5) is 4.79 Å². The fourth-order valence-electron chi connectivity index (χ4n) is 4.48. The predicted molar refractivity (Wildman–Crippen MR) is 122 cm³/mol. The van der Waals surface area contributed by atoms with Crippen molar-refractivity contribution in [3.05, 3.63) is 35.9 Å². The summed E-state index contributed by atoms with van der Waals surface area (Å²) in [7, 11) is 0. The molecule has 32 heavy (non-hydrogen) atoms. The van der Waals surface area contributed by atoms with Crippen LogP contribution in [0.1, 0.15) is 91.4 Å². The Bertz CT molecular complexity index is 776. The molecule has 1 aromatic rings. The van der Waals surface area contributed by atoms with Crippen LogP contribution in [0.2, 0.25) is 0 Å². The molecule has 180 valence electrons. The molecule has 0 aromatic heterocycles. The van der Waals surface area contributed by atoms with E-state index in [2.05, 4.69) is 0 Å². The number of nitrogens with zero attached hydrogens (tertiary/aromatic N) is 1. The lowest BCUT2D eigenvalue weighted by atomic mass is 9.77. The Kier molecular flexibility index (Phi) is 7.67. The highest BCUT2D eigenvalue weighted by molar-refractivity contribution is 5.95. The van der Waals surface area contributed by atoms with Crippen LogP contribution in [0.15, 0.2) is 30.3 Å². The normalized spacial score (nSPS) is 18.8. The first-order chi connectivity index (χ1) is 14.5. The molecule has 0 aliphatic carbocycles. The Balaban J connectivity index is 1.99. The van der Waals surface area contributed by atoms with E-state index in [1.165, 1.54) is 0 Å². The van der Waals surface area contributed by atoms with Gasteiger partial charge < -0.3 is 14.7 Å². The third-order valence-corrected chi connectivity index (χ3v) is 5.83. The molecule has 0 radical (unpaired) electrons. The van der Waals surface area contributed by atoms with Gasteiger partial charge in [-0.2, -0.15) is 4.89 Å². The van der Waals surface area contributed by atoms with Gasteiger partial charge in [0.25, 0.3) is 5.91 Å². The first kappa shape index (κ1) is 26.1. The van der Waals surface area contributed by atoms with Crippen LogP contribution in [0.25, 0.3) is 0 Å². The Hall–Kier alpha value is -2.12. The van der Waals surface area contributed by atoms with Gasteiger partial charge in [0.1, 0.15) is 11.7 Å². The number of piperidine rings is 1. The molecule has 1 heterocycles. The van der Waals surface area contributed by atoms with E-state index in [1.807, 2.05) is 62.9 Å². The zero-order valence-corrected chi connectivity index (χ0v) is 20.7. The number of amides is 1. The van der Waals surface area contributed by atoms with Crippen molar-refractivity contribution in [3.8, 4) is 0 Å². The van der Waals surface area contributed by atoms with E-state index in [9.17, 15) is 14.7 Å². The second kappa shape index (κ2) is 9.40. The van der Waals surface area contributed by atoms with Crippen LogP contribution in [-0.2, 0) is 14.5 Å². The van der Waals surface area contributed by atoms with Crippen molar-refractivity contribution in [1.82, 2.24) is 4.90 Å². The molecule has 0 saturated carbocycles. The zero-order valence-electron chi connectivity index (χ0n) is 20.7. The Morgan fingerprint density at radius 2 is 1.53 bits per heavy atom. The fraction of sp³-hybridized carbons (Fsp3) is 0.680. The average Bonchev–Trinajstić information content (AvgIpc) is 2.63. The summed E-state index contributed by atoms with van der Waals surface area (Å²) in [4.78, 5) is 37.7. The molecular weight excluding hydrogens is 410 g/mol. The fourth-order valence-corrected chi connectivity index (χ4v) is 4.48. The number of carbonyl (C=O) groups is 2. The number of aliphatic hydroxyl groups is 1. The number of benzene rings is 1. The predicted octanol–water partition coefficient (Wildman–Crippen LogP) is 5.26. The largest absolute Gasteiger partial charge is 0.540 e. The van der Waals surface area contributed by atoms with Crippen molar-refractivity contribution in [2.24, 2.45) is 0 Å². The second-order valence-corrected chi connectivity index (χ2v) is 11.3. The highest BCUT2D eigenvalue weighted by Gasteiger charge is 2.49. The van der Waals surface area contributed by atoms with Crippen molar-refractivity contribution < 1.29 is 29.2 Å². The van der Waals surface area contributed by atoms with E-state index in [-0.39, 0.29) is 5.91 Å². The molecule has 1 aromatic carbocycles. The van der Waals surface area contributed by atoms with Crippen LogP contribution < -0.4 is 0 Å². The van der Waals surface area contributed by atoms with Crippen LogP contribution in [-0.4, -0.2) is 50.5 Å². The van der Waals surface area contributed by atoms with Gasteiger partial charge in [0.05, 0.1) is 5.60 Å². The number of hydrogen-bond acceptors (Lipinski definition) is 6. The first-order valence-corrected chi connectivity index (χ1v) is 11.2. The number of rotatable bonds is 7. The second-order valence-electron chi connectivity index (χ2n) is 11.3. The molecule has 1 aliphatic rings. The van der Waals surface area contributed by atoms with E-state index < -0.39 is 34.5 Å². The first-order valence-electron chi connectivity index (χ1n) is 11.2. The molecule has 0 unspecified atom stereocenters. The summed E-state index contributed by atoms with van der Waals surface area (Å²) in [6.07, 6.45) is 0.632. The zero-order chi connectivity index (χ0) is 24.4. The van der Waals surface area contributed by atoms with Crippen molar-refractivity contribution in [3.63, 3.8) is 0 Å². The topological polar surface area (TPSA) is 85.3 Å². The Labute approximate surface area is 192 Å². The summed E-state index contributed by atoms with van der Waals surface area (Å²) >= 11 is 0. The van der Waals surface area contributed by atoms with Gasteiger partial charge in [0, 0.05) is 29.5 Å². The monoisotopic (exact) mass is 449 g/mol. The quantitative estimate of drug-likeness (QED) is 0.347. The minimum Gasteiger partial charge on any atom is -0.429 e. The van der Waals surface area contributed by atoms with Crippen LogP contribution in [0, 0.1) is 0 Å².